The molecule has 0 radical (unpaired) electrons. The van der Waals surface area contributed by atoms with Crippen molar-refractivity contribution in [2.75, 3.05) is 5.75 Å². The van der Waals surface area contributed by atoms with E-state index in [1.54, 1.807) is 4.68 Å². The number of thioether (sulfide) groups is 1. The van der Waals surface area contributed by atoms with Gasteiger partial charge in [-0.1, -0.05) is 35.0 Å². The average molecular weight is 353 g/mol. The lowest BCUT2D eigenvalue weighted by molar-refractivity contribution is -0.118. The zero-order valence-corrected chi connectivity index (χ0v) is 15.0. The van der Waals surface area contributed by atoms with E-state index in [9.17, 15) is 4.79 Å². The number of hydrogen-bond donors (Lipinski definition) is 1. The Morgan fingerprint density at radius 2 is 1.96 bits per heavy atom. The molecule has 0 aliphatic heterocycles. The molecule has 25 heavy (non-hydrogen) atoms. The molecule has 0 unspecified atom stereocenters. The summed E-state index contributed by atoms with van der Waals surface area (Å²) in [6.45, 7) is 4.37. The molecule has 128 valence electrons. The van der Waals surface area contributed by atoms with Crippen molar-refractivity contribution in [2.45, 2.75) is 25.3 Å². The normalized spacial score (nSPS) is 11.7. The van der Waals surface area contributed by atoms with Crippen LogP contribution in [0.2, 0.25) is 0 Å². The van der Waals surface area contributed by atoms with Crippen LogP contribution in [0.15, 0.2) is 58.5 Å². The van der Waals surface area contributed by atoms with E-state index in [-0.39, 0.29) is 5.91 Å². The van der Waals surface area contributed by atoms with E-state index < -0.39 is 0 Å². The molecule has 1 aromatic heterocycles. The fraction of sp³-hybridized carbons (Fsp3) is 0.222. The van der Waals surface area contributed by atoms with Gasteiger partial charge in [0, 0.05) is 4.90 Å². The molecular weight excluding hydrogens is 334 g/mol. The highest BCUT2D eigenvalue weighted by molar-refractivity contribution is 8.00. The lowest BCUT2D eigenvalue weighted by atomic mass is 10.2. The SMILES string of the molecule is C/C(Cn1nnc2ccccc21)=N/NC(=O)CSc1ccc(C)cc1. The van der Waals surface area contributed by atoms with E-state index in [0.29, 0.717) is 12.3 Å². The van der Waals surface area contributed by atoms with Gasteiger partial charge in [-0.15, -0.1) is 16.9 Å². The van der Waals surface area contributed by atoms with Gasteiger partial charge in [-0.2, -0.15) is 5.10 Å². The number of nitrogens with zero attached hydrogens (tertiary/aromatic N) is 4. The van der Waals surface area contributed by atoms with Crippen molar-refractivity contribution in [2.24, 2.45) is 5.10 Å². The van der Waals surface area contributed by atoms with Crippen LogP contribution < -0.4 is 5.43 Å². The second-order valence-corrected chi connectivity index (χ2v) is 6.77. The maximum atomic E-state index is 11.9. The van der Waals surface area contributed by atoms with Crippen LogP contribution in [0.5, 0.6) is 0 Å². The van der Waals surface area contributed by atoms with Crippen molar-refractivity contribution in [1.82, 2.24) is 20.4 Å². The van der Waals surface area contributed by atoms with Gasteiger partial charge >= 0.3 is 0 Å². The van der Waals surface area contributed by atoms with Crippen molar-refractivity contribution in [3.05, 3.63) is 54.1 Å². The number of aryl methyl sites for hydroxylation is 1. The van der Waals surface area contributed by atoms with E-state index in [1.807, 2.05) is 62.4 Å². The van der Waals surface area contributed by atoms with Crippen LogP contribution in [-0.4, -0.2) is 32.4 Å². The van der Waals surface area contributed by atoms with Crippen molar-refractivity contribution in [1.29, 1.82) is 0 Å². The molecule has 0 spiro atoms. The maximum absolute atomic E-state index is 11.9. The van der Waals surface area contributed by atoms with Gasteiger partial charge in [0.05, 0.1) is 23.5 Å². The summed E-state index contributed by atoms with van der Waals surface area (Å²) in [4.78, 5) is 13.0. The smallest absolute Gasteiger partial charge is 0.250 e. The highest BCUT2D eigenvalue weighted by Gasteiger charge is 2.06. The third-order valence-corrected chi connectivity index (χ3v) is 4.57. The Morgan fingerprint density at radius 3 is 2.76 bits per heavy atom. The zero-order chi connectivity index (χ0) is 17.6. The van der Waals surface area contributed by atoms with Crippen LogP contribution in [0.4, 0.5) is 0 Å². The summed E-state index contributed by atoms with van der Waals surface area (Å²) < 4.78 is 1.77. The number of amides is 1. The number of nitrogens with one attached hydrogen (secondary N) is 1. The fourth-order valence-corrected chi connectivity index (χ4v) is 2.95. The van der Waals surface area contributed by atoms with Gasteiger partial charge in [0.15, 0.2) is 0 Å². The van der Waals surface area contributed by atoms with Gasteiger partial charge < -0.3 is 0 Å². The number of para-hydroxylation sites is 1. The van der Waals surface area contributed by atoms with Gasteiger partial charge in [-0.25, -0.2) is 10.1 Å². The number of benzene rings is 2. The highest BCUT2D eigenvalue weighted by atomic mass is 32.2. The van der Waals surface area contributed by atoms with Crippen molar-refractivity contribution >= 4 is 34.4 Å². The molecule has 3 rings (SSSR count). The van der Waals surface area contributed by atoms with Crippen LogP contribution in [0.3, 0.4) is 0 Å². The quantitative estimate of drug-likeness (QED) is 0.420. The minimum Gasteiger partial charge on any atom is -0.272 e. The average Bonchev–Trinajstić information content (AvgIpc) is 3.02. The minimum absolute atomic E-state index is 0.131. The summed E-state index contributed by atoms with van der Waals surface area (Å²) in [5.74, 6) is 0.194. The molecule has 0 saturated carbocycles. The standard InChI is InChI=1S/C18H19N5OS/c1-13-7-9-15(10-8-13)25-12-18(24)21-19-14(2)11-23-17-6-4-3-5-16(17)20-22-23/h3-10H,11-12H2,1-2H3,(H,21,24)/b19-14-. The van der Waals surface area contributed by atoms with Crippen molar-refractivity contribution in [3.8, 4) is 0 Å². The molecular formula is C18H19N5OS. The Kier molecular flexibility index (Phi) is 5.45. The molecule has 0 fully saturated rings. The monoisotopic (exact) mass is 353 g/mol. The Bertz CT molecular complexity index is 901. The minimum atomic E-state index is -0.131. The van der Waals surface area contributed by atoms with Crippen molar-refractivity contribution in [3.63, 3.8) is 0 Å². The van der Waals surface area contributed by atoms with E-state index in [1.165, 1.54) is 17.3 Å². The number of carbonyl (C=O) groups excluding carboxylic acids is 1. The van der Waals surface area contributed by atoms with Gasteiger partial charge in [0.1, 0.15) is 5.52 Å². The molecule has 7 heteroatoms. The number of hydrogen-bond acceptors (Lipinski definition) is 5. The second-order valence-electron chi connectivity index (χ2n) is 5.72. The number of rotatable bonds is 6. The van der Waals surface area contributed by atoms with Gasteiger partial charge in [0.2, 0.25) is 5.91 Å². The lowest BCUT2D eigenvalue weighted by Gasteiger charge is -2.04. The summed E-state index contributed by atoms with van der Waals surface area (Å²) in [5, 5.41) is 12.4. The second kappa shape index (κ2) is 7.94. The van der Waals surface area contributed by atoms with Crippen LogP contribution >= 0.6 is 11.8 Å². The Hall–Kier alpha value is -2.67. The van der Waals surface area contributed by atoms with Gasteiger partial charge in [0.25, 0.3) is 0 Å². The van der Waals surface area contributed by atoms with E-state index in [2.05, 4.69) is 20.8 Å². The van der Waals surface area contributed by atoms with E-state index in [4.69, 9.17) is 0 Å². The van der Waals surface area contributed by atoms with Crippen LogP contribution in [0.25, 0.3) is 11.0 Å². The van der Waals surface area contributed by atoms with E-state index in [0.717, 1.165) is 21.6 Å². The topological polar surface area (TPSA) is 72.2 Å². The molecule has 0 atom stereocenters. The molecule has 1 amide bonds. The predicted octanol–water partition coefficient (Wildman–Crippen LogP) is 3.02. The van der Waals surface area contributed by atoms with Gasteiger partial charge in [-0.3, -0.25) is 4.79 Å². The summed E-state index contributed by atoms with van der Waals surface area (Å²) >= 11 is 1.49. The largest absolute Gasteiger partial charge is 0.272 e. The predicted molar refractivity (Wildman–Crippen MR) is 101 cm³/mol. The Balaban J connectivity index is 1.52. The third kappa shape index (κ3) is 4.67. The molecule has 0 saturated heterocycles. The molecule has 1 heterocycles. The molecule has 1 N–H and O–H groups in total. The first-order chi connectivity index (χ1) is 12.1. The number of aromatic nitrogens is 3. The first kappa shape index (κ1) is 17.2. The highest BCUT2D eigenvalue weighted by Crippen LogP contribution is 2.17. The third-order valence-electron chi connectivity index (χ3n) is 3.56. The lowest BCUT2D eigenvalue weighted by Crippen LogP contribution is -2.22. The number of hydrazone groups is 1. The maximum Gasteiger partial charge on any atom is 0.250 e. The Labute approximate surface area is 150 Å². The van der Waals surface area contributed by atoms with Crippen LogP contribution in [-0.2, 0) is 11.3 Å². The molecule has 3 aromatic rings. The molecule has 0 bridgehead atoms. The first-order valence-corrected chi connectivity index (χ1v) is 8.90. The summed E-state index contributed by atoms with van der Waals surface area (Å²) in [5.41, 5.74) is 6.33. The van der Waals surface area contributed by atoms with Crippen LogP contribution in [0.1, 0.15) is 12.5 Å². The van der Waals surface area contributed by atoms with Crippen molar-refractivity contribution < 1.29 is 4.79 Å². The molecule has 6 nitrogen and oxygen atoms in total. The summed E-state index contributed by atoms with van der Waals surface area (Å²) in [6, 6.07) is 15.8. The fourth-order valence-electron chi connectivity index (χ4n) is 2.26. The number of carbonyl (C=O) groups is 1. The van der Waals surface area contributed by atoms with Gasteiger partial charge in [-0.05, 0) is 38.1 Å². The number of fused-ring (bicyclic) bond motifs is 1. The van der Waals surface area contributed by atoms with Crippen LogP contribution in [0, 0.1) is 6.92 Å². The molecule has 0 aliphatic carbocycles. The zero-order valence-electron chi connectivity index (χ0n) is 14.1. The van der Waals surface area contributed by atoms with E-state index >= 15 is 0 Å². The summed E-state index contributed by atoms with van der Waals surface area (Å²) in [7, 11) is 0. The Morgan fingerprint density at radius 1 is 1.20 bits per heavy atom. The summed E-state index contributed by atoms with van der Waals surface area (Å²) in [6.07, 6.45) is 0. The molecule has 2 aromatic carbocycles. The molecule has 0 aliphatic rings. The first-order valence-electron chi connectivity index (χ1n) is 7.91.